The second-order valence-corrected chi connectivity index (χ2v) is 7.34. The molecule has 10 heteroatoms. The predicted molar refractivity (Wildman–Crippen MR) is 110 cm³/mol. The van der Waals surface area contributed by atoms with Gasteiger partial charge in [-0.05, 0) is 28.9 Å². The van der Waals surface area contributed by atoms with Crippen molar-refractivity contribution in [3.63, 3.8) is 0 Å². The van der Waals surface area contributed by atoms with E-state index in [0.29, 0.717) is 17.2 Å². The number of hydrogen-bond acceptors (Lipinski definition) is 6. The van der Waals surface area contributed by atoms with Gasteiger partial charge in [0.1, 0.15) is 5.56 Å². The number of nitrogens with zero attached hydrogens (tertiary/aromatic N) is 4. The minimum atomic E-state index is -0.561. The van der Waals surface area contributed by atoms with E-state index in [2.05, 4.69) is 20.0 Å². The monoisotopic (exact) mass is 419 g/mol. The Labute approximate surface area is 175 Å². The molecular formula is C21H19N6O4+. The minimum Gasteiger partial charge on any atom is -0.465 e. The number of aromatic amines is 2. The Morgan fingerprint density at radius 2 is 2.00 bits per heavy atom. The zero-order valence-electron chi connectivity index (χ0n) is 16.6. The van der Waals surface area contributed by atoms with Crippen LogP contribution in [0.2, 0.25) is 0 Å². The lowest BCUT2D eigenvalue weighted by atomic mass is 9.91. The van der Waals surface area contributed by atoms with Crippen molar-refractivity contribution in [1.29, 1.82) is 0 Å². The molecule has 0 radical (unpaired) electrons. The molecule has 10 nitrogen and oxygen atoms in total. The average Bonchev–Trinajstić information content (AvgIpc) is 3.21. The van der Waals surface area contributed by atoms with Gasteiger partial charge in [-0.3, -0.25) is 14.7 Å². The molecule has 0 bridgehead atoms. The Hall–Kier alpha value is -4.21. The molecule has 1 fully saturated rings. The van der Waals surface area contributed by atoms with E-state index < -0.39 is 11.2 Å². The topological polar surface area (TPSA) is 117 Å². The maximum atomic E-state index is 12.2. The van der Waals surface area contributed by atoms with Gasteiger partial charge in [-0.15, -0.1) is 4.52 Å². The molecule has 1 aliphatic rings. The molecule has 156 valence electrons. The Balaban J connectivity index is 1.44. The maximum Gasteiger partial charge on any atom is 0.337 e. The molecule has 1 saturated heterocycles. The quantitative estimate of drug-likeness (QED) is 0.364. The van der Waals surface area contributed by atoms with Crippen LogP contribution in [0.3, 0.4) is 0 Å². The van der Waals surface area contributed by atoms with E-state index in [9.17, 15) is 14.4 Å². The fraction of sp³-hybridized carbons (Fsp3) is 0.190. The lowest BCUT2D eigenvalue weighted by Gasteiger charge is -2.36. The molecule has 5 rings (SSSR count). The maximum absolute atomic E-state index is 12.2. The smallest absolute Gasteiger partial charge is 0.337 e. The molecule has 2 N–H and O–H groups in total. The largest absolute Gasteiger partial charge is 0.465 e. The Kier molecular flexibility index (Phi) is 4.39. The van der Waals surface area contributed by atoms with Crippen molar-refractivity contribution in [3.05, 3.63) is 87.0 Å². The molecule has 0 aliphatic carbocycles. The molecule has 0 unspecified atom stereocenters. The molecule has 4 aromatic rings. The molecule has 1 aliphatic heterocycles. The fourth-order valence-electron chi connectivity index (χ4n) is 3.78. The summed E-state index contributed by atoms with van der Waals surface area (Å²) >= 11 is 0. The van der Waals surface area contributed by atoms with Gasteiger partial charge in [0.25, 0.3) is 5.56 Å². The van der Waals surface area contributed by atoms with E-state index in [1.54, 1.807) is 23.0 Å². The second kappa shape index (κ2) is 7.24. The number of ether oxygens (including phenoxy) is 1. The second-order valence-electron chi connectivity index (χ2n) is 7.34. The van der Waals surface area contributed by atoms with Crippen molar-refractivity contribution < 1.29 is 14.0 Å². The van der Waals surface area contributed by atoms with Crippen LogP contribution in [0.5, 0.6) is 0 Å². The van der Waals surface area contributed by atoms with Crippen LogP contribution >= 0.6 is 0 Å². The predicted octanol–water partition coefficient (Wildman–Crippen LogP) is 0.354. The van der Waals surface area contributed by atoms with Gasteiger partial charge in [0.2, 0.25) is 5.82 Å². The number of benzene rings is 1. The molecule has 0 amide bonds. The Morgan fingerprint density at radius 1 is 1.23 bits per heavy atom. The first-order valence-corrected chi connectivity index (χ1v) is 9.69. The zero-order chi connectivity index (χ0) is 21.5. The minimum absolute atomic E-state index is 0.285. The highest BCUT2D eigenvalue weighted by molar-refractivity contribution is 5.89. The van der Waals surface area contributed by atoms with Crippen LogP contribution in [0.1, 0.15) is 21.8 Å². The number of carbonyl (C=O) groups excluding carboxylic acids is 1. The van der Waals surface area contributed by atoms with E-state index in [-0.39, 0.29) is 11.5 Å². The van der Waals surface area contributed by atoms with Gasteiger partial charge in [0, 0.05) is 12.1 Å². The van der Waals surface area contributed by atoms with E-state index in [0.717, 1.165) is 24.5 Å². The van der Waals surface area contributed by atoms with Crippen molar-refractivity contribution in [3.8, 4) is 11.3 Å². The zero-order valence-corrected chi connectivity index (χ0v) is 16.6. The van der Waals surface area contributed by atoms with E-state index in [4.69, 9.17) is 4.74 Å². The molecule has 1 aromatic carbocycles. The molecule has 0 spiro atoms. The van der Waals surface area contributed by atoms with Gasteiger partial charge in [-0.1, -0.05) is 16.8 Å². The molecule has 0 saturated carbocycles. The highest BCUT2D eigenvalue weighted by Gasteiger charge is 2.35. The van der Waals surface area contributed by atoms with Gasteiger partial charge in [0.15, 0.2) is 5.69 Å². The van der Waals surface area contributed by atoms with Crippen molar-refractivity contribution in [2.75, 3.05) is 25.1 Å². The summed E-state index contributed by atoms with van der Waals surface area (Å²) in [6, 6.07) is 11.1. The van der Waals surface area contributed by atoms with Crippen LogP contribution in [0.25, 0.3) is 11.3 Å². The summed E-state index contributed by atoms with van der Waals surface area (Å²) in [5, 5.41) is 4.48. The van der Waals surface area contributed by atoms with Crippen molar-refractivity contribution in [2.45, 2.75) is 5.92 Å². The highest BCUT2D eigenvalue weighted by Crippen LogP contribution is 2.31. The first kappa shape index (κ1) is 18.8. The first-order chi connectivity index (χ1) is 15.0. The van der Waals surface area contributed by atoms with Crippen LogP contribution in [0.4, 0.5) is 5.82 Å². The third-order valence-corrected chi connectivity index (χ3v) is 5.48. The summed E-state index contributed by atoms with van der Waals surface area (Å²) in [6.45, 7) is 1.55. The van der Waals surface area contributed by atoms with E-state index in [1.807, 2.05) is 35.0 Å². The molecular weight excluding hydrogens is 400 g/mol. The molecule has 4 heterocycles. The molecule has 0 atom stereocenters. The first-order valence-electron chi connectivity index (χ1n) is 9.69. The lowest BCUT2D eigenvalue weighted by Crippen LogP contribution is -2.50. The third-order valence-electron chi connectivity index (χ3n) is 5.48. The SMILES string of the molecule is COC(=O)c1ccc(C2CN(c3cc(-c4c[nH]c(=O)[nH]c4=O)nn4ccc[n+]34)C2)cc1. The summed E-state index contributed by atoms with van der Waals surface area (Å²) in [7, 11) is 1.37. The fourth-order valence-corrected chi connectivity index (χ4v) is 3.78. The Morgan fingerprint density at radius 3 is 2.71 bits per heavy atom. The lowest BCUT2D eigenvalue weighted by molar-refractivity contribution is -0.612. The summed E-state index contributed by atoms with van der Waals surface area (Å²) in [6.07, 6.45) is 5.05. The summed E-state index contributed by atoms with van der Waals surface area (Å²) in [4.78, 5) is 42.1. The summed E-state index contributed by atoms with van der Waals surface area (Å²) < 4.78 is 8.28. The molecule has 3 aromatic heterocycles. The number of nitrogens with one attached hydrogen (secondary N) is 2. The third kappa shape index (κ3) is 3.27. The number of H-pyrrole nitrogens is 2. The van der Waals surface area contributed by atoms with Gasteiger partial charge < -0.3 is 9.72 Å². The Bertz CT molecular complexity index is 1400. The van der Waals surface area contributed by atoms with Crippen LogP contribution in [0, 0.1) is 0 Å². The van der Waals surface area contributed by atoms with E-state index >= 15 is 0 Å². The van der Waals surface area contributed by atoms with Crippen molar-refractivity contribution in [2.24, 2.45) is 0 Å². The van der Waals surface area contributed by atoms with Crippen molar-refractivity contribution in [1.82, 2.24) is 19.7 Å². The number of hydrogen-bond donors (Lipinski definition) is 2. The normalized spacial score (nSPS) is 13.9. The number of methoxy groups -OCH3 is 1. The summed E-state index contributed by atoms with van der Waals surface area (Å²) in [5.41, 5.74) is 1.35. The number of carbonyl (C=O) groups is 1. The molecule has 31 heavy (non-hydrogen) atoms. The number of fused-ring (bicyclic) bond motifs is 1. The van der Waals surface area contributed by atoms with Gasteiger partial charge in [0.05, 0.1) is 44.2 Å². The standard InChI is InChI=1S/C21H18N6O4/c1-31-20(29)14-5-3-13(4-6-14)15-11-25(12-15)18-9-17(24-27-8-2-7-26(18)27)16-10-22-21(30)23-19(16)28/h2-10,15H,11-12H2,1H3,(H-,22,23,24,28,30)/p+1. The number of anilines is 1. The van der Waals surface area contributed by atoms with Crippen LogP contribution in [0.15, 0.2) is 64.6 Å². The van der Waals surface area contributed by atoms with E-state index in [1.165, 1.54) is 13.3 Å². The van der Waals surface area contributed by atoms with Gasteiger partial charge >= 0.3 is 11.7 Å². The average molecular weight is 419 g/mol. The van der Waals surface area contributed by atoms with Crippen LogP contribution in [-0.4, -0.2) is 45.9 Å². The summed E-state index contributed by atoms with van der Waals surface area (Å²) in [5.74, 6) is 0.841. The van der Waals surface area contributed by atoms with Crippen LogP contribution < -0.4 is 20.7 Å². The van der Waals surface area contributed by atoms with Crippen LogP contribution in [-0.2, 0) is 4.74 Å². The number of aromatic nitrogens is 5. The number of rotatable bonds is 4. The van der Waals surface area contributed by atoms with Gasteiger partial charge in [-0.2, -0.15) is 0 Å². The van der Waals surface area contributed by atoms with Crippen molar-refractivity contribution >= 4 is 11.8 Å². The highest BCUT2D eigenvalue weighted by atomic mass is 16.5. The van der Waals surface area contributed by atoms with Gasteiger partial charge in [-0.25, -0.2) is 9.59 Å². The number of esters is 1.